The topological polar surface area (TPSA) is 38.9 Å². The first-order valence-electron chi connectivity index (χ1n) is 3.99. The Bertz CT molecular complexity index is 460. The quantitative estimate of drug-likeness (QED) is 0.668. The van der Waals surface area contributed by atoms with Gasteiger partial charge in [0.25, 0.3) is 0 Å². The van der Waals surface area contributed by atoms with Gasteiger partial charge in [-0.25, -0.2) is 4.39 Å². The van der Waals surface area contributed by atoms with Crippen LogP contribution in [0, 0.1) is 12.7 Å². The monoisotopic (exact) mass is 176 g/mol. The molecule has 0 aliphatic rings. The summed E-state index contributed by atoms with van der Waals surface area (Å²) < 4.78 is 12.8. The summed E-state index contributed by atoms with van der Waals surface area (Å²) in [6.45, 7) is 1.83. The van der Waals surface area contributed by atoms with Crippen molar-refractivity contribution in [1.82, 2.24) is 4.98 Å². The Balaban J connectivity index is 2.86. The molecule has 2 rings (SSSR count). The lowest BCUT2D eigenvalue weighted by Gasteiger charge is -2.02. The number of aryl methyl sites for hydroxylation is 1. The van der Waals surface area contributed by atoms with Gasteiger partial charge in [-0.05, 0) is 25.1 Å². The average molecular weight is 176 g/mol. The van der Waals surface area contributed by atoms with Gasteiger partial charge < -0.3 is 5.73 Å². The highest BCUT2D eigenvalue weighted by Gasteiger charge is 2.01. The zero-order chi connectivity index (χ0) is 9.42. The van der Waals surface area contributed by atoms with Crippen LogP contribution in [-0.2, 0) is 0 Å². The van der Waals surface area contributed by atoms with Gasteiger partial charge in [-0.3, -0.25) is 4.98 Å². The number of hydrogen-bond donors (Lipinski definition) is 1. The highest BCUT2D eigenvalue weighted by atomic mass is 19.1. The molecule has 0 fully saturated rings. The fraction of sp³-hybridized carbons (Fsp3) is 0.100. The first-order valence-corrected chi connectivity index (χ1v) is 3.99. The molecule has 0 atom stereocenters. The smallest absolute Gasteiger partial charge is 0.125 e. The van der Waals surface area contributed by atoms with Gasteiger partial charge in [0.05, 0.1) is 5.52 Å². The largest absolute Gasteiger partial charge is 0.398 e. The van der Waals surface area contributed by atoms with Gasteiger partial charge in [-0.2, -0.15) is 0 Å². The molecule has 0 spiro atoms. The van der Waals surface area contributed by atoms with E-state index in [9.17, 15) is 4.39 Å². The number of nitrogens with two attached hydrogens (primary N) is 1. The maximum atomic E-state index is 12.8. The molecule has 0 unspecified atom stereocenters. The number of pyridine rings is 1. The van der Waals surface area contributed by atoms with Crippen molar-refractivity contribution in [2.45, 2.75) is 6.92 Å². The normalized spacial score (nSPS) is 10.6. The van der Waals surface area contributed by atoms with Gasteiger partial charge in [0.2, 0.25) is 0 Å². The fourth-order valence-corrected chi connectivity index (χ4v) is 1.37. The van der Waals surface area contributed by atoms with Crippen LogP contribution < -0.4 is 5.73 Å². The van der Waals surface area contributed by atoms with E-state index in [1.54, 1.807) is 12.1 Å². The van der Waals surface area contributed by atoms with Gasteiger partial charge in [0, 0.05) is 22.8 Å². The highest BCUT2D eigenvalue weighted by molar-refractivity contribution is 5.90. The number of benzene rings is 1. The van der Waals surface area contributed by atoms with Gasteiger partial charge in [0.1, 0.15) is 5.82 Å². The second-order valence-corrected chi connectivity index (χ2v) is 3.01. The first kappa shape index (κ1) is 7.98. The lowest BCUT2D eigenvalue weighted by Crippen LogP contribution is -1.92. The minimum absolute atomic E-state index is 0.287. The summed E-state index contributed by atoms with van der Waals surface area (Å²) in [6, 6.07) is 6.20. The average Bonchev–Trinajstić information content (AvgIpc) is 2.02. The summed E-state index contributed by atoms with van der Waals surface area (Å²) in [7, 11) is 0. The summed E-state index contributed by atoms with van der Waals surface area (Å²) in [4.78, 5) is 4.18. The molecule has 2 aromatic rings. The van der Waals surface area contributed by atoms with E-state index in [0.717, 1.165) is 11.1 Å². The van der Waals surface area contributed by atoms with Crippen LogP contribution >= 0.6 is 0 Å². The summed E-state index contributed by atoms with van der Waals surface area (Å²) in [5.74, 6) is -0.287. The third kappa shape index (κ3) is 1.33. The standard InChI is InChI=1S/C10H9FN2/c1-6-4-9(12)8-3-2-7(11)5-10(8)13-6/h2-5H,1H3,(H2,12,13). The molecule has 2 nitrogen and oxygen atoms in total. The van der Waals surface area contributed by atoms with Crippen LogP contribution in [0.2, 0.25) is 0 Å². The second kappa shape index (κ2) is 2.69. The fourth-order valence-electron chi connectivity index (χ4n) is 1.37. The molecular weight excluding hydrogens is 167 g/mol. The first-order chi connectivity index (χ1) is 6.16. The van der Waals surface area contributed by atoms with Gasteiger partial charge in [-0.1, -0.05) is 0 Å². The van der Waals surface area contributed by atoms with E-state index >= 15 is 0 Å². The van der Waals surface area contributed by atoms with Crippen LogP contribution in [0.5, 0.6) is 0 Å². The number of halogens is 1. The SMILES string of the molecule is Cc1cc(N)c2ccc(F)cc2n1. The molecule has 2 N–H and O–H groups in total. The highest BCUT2D eigenvalue weighted by Crippen LogP contribution is 2.20. The van der Waals surface area contributed by atoms with E-state index < -0.39 is 0 Å². The van der Waals surface area contributed by atoms with Gasteiger partial charge in [0.15, 0.2) is 0 Å². The van der Waals surface area contributed by atoms with Crippen LogP contribution in [0.25, 0.3) is 10.9 Å². The molecule has 0 radical (unpaired) electrons. The van der Waals surface area contributed by atoms with E-state index in [1.165, 1.54) is 12.1 Å². The van der Waals surface area contributed by atoms with Crippen molar-refractivity contribution >= 4 is 16.6 Å². The van der Waals surface area contributed by atoms with E-state index in [1.807, 2.05) is 6.92 Å². The lowest BCUT2D eigenvalue weighted by atomic mass is 10.1. The number of nitrogens with zero attached hydrogens (tertiary/aromatic N) is 1. The van der Waals surface area contributed by atoms with E-state index in [0.29, 0.717) is 11.2 Å². The summed E-state index contributed by atoms with van der Waals surface area (Å²) in [6.07, 6.45) is 0. The molecule has 0 saturated heterocycles. The van der Waals surface area contributed by atoms with Crippen molar-refractivity contribution in [3.8, 4) is 0 Å². The van der Waals surface area contributed by atoms with Crippen molar-refractivity contribution in [2.75, 3.05) is 5.73 Å². The molecular formula is C10H9FN2. The number of nitrogen functional groups attached to an aromatic ring is 1. The third-order valence-electron chi connectivity index (χ3n) is 1.93. The molecule has 3 heteroatoms. The van der Waals surface area contributed by atoms with Crippen molar-refractivity contribution in [3.63, 3.8) is 0 Å². The number of fused-ring (bicyclic) bond motifs is 1. The van der Waals surface area contributed by atoms with Crippen LogP contribution in [-0.4, -0.2) is 4.98 Å². The summed E-state index contributed by atoms with van der Waals surface area (Å²) in [5.41, 5.74) is 7.80. The Morgan fingerprint density at radius 3 is 2.85 bits per heavy atom. The zero-order valence-electron chi connectivity index (χ0n) is 7.21. The summed E-state index contributed by atoms with van der Waals surface area (Å²) in [5, 5.41) is 0.798. The summed E-state index contributed by atoms with van der Waals surface area (Å²) >= 11 is 0. The number of hydrogen-bond acceptors (Lipinski definition) is 2. The van der Waals surface area contributed by atoms with Crippen molar-refractivity contribution in [2.24, 2.45) is 0 Å². The van der Waals surface area contributed by atoms with Gasteiger partial charge >= 0.3 is 0 Å². The van der Waals surface area contributed by atoms with E-state index in [2.05, 4.69) is 4.98 Å². The molecule has 0 amide bonds. The van der Waals surface area contributed by atoms with Crippen molar-refractivity contribution < 1.29 is 4.39 Å². The second-order valence-electron chi connectivity index (χ2n) is 3.01. The molecule has 13 heavy (non-hydrogen) atoms. The molecule has 1 heterocycles. The molecule has 0 bridgehead atoms. The Morgan fingerprint density at radius 1 is 1.31 bits per heavy atom. The van der Waals surface area contributed by atoms with E-state index in [4.69, 9.17) is 5.73 Å². The maximum absolute atomic E-state index is 12.8. The number of rotatable bonds is 0. The Kier molecular flexibility index (Phi) is 1.65. The van der Waals surface area contributed by atoms with E-state index in [-0.39, 0.29) is 5.82 Å². The predicted molar refractivity (Wildman–Crippen MR) is 50.9 cm³/mol. The minimum Gasteiger partial charge on any atom is -0.398 e. The van der Waals surface area contributed by atoms with Crippen LogP contribution in [0.15, 0.2) is 24.3 Å². The van der Waals surface area contributed by atoms with Crippen LogP contribution in [0.4, 0.5) is 10.1 Å². The van der Waals surface area contributed by atoms with Crippen molar-refractivity contribution in [3.05, 3.63) is 35.8 Å². The predicted octanol–water partition coefficient (Wildman–Crippen LogP) is 2.26. The van der Waals surface area contributed by atoms with Gasteiger partial charge in [-0.15, -0.1) is 0 Å². The lowest BCUT2D eigenvalue weighted by molar-refractivity contribution is 0.629. The molecule has 1 aromatic carbocycles. The minimum atomic E-state index is -0.287. The zero-order valence-corrected chi connectivity index (χ0v) is 7.21. The Morgan fingerprint density at radius 2 is 2.08 bits per heavy atom. The Labute approximate surface area is 75.2 Å². The van der Waals surface area contributed by atoms with Crippen LogP contribution in [0.3, 0.4) is 0 Å². The van der Waals surface area contributed by atoms with Crippen molar-refractivity contribution in [1.29, 1.82) is 0 Å². The molecule has 0 saturated carbocycles. The Hall–Kier alpha value is -1.64. The molecule has 66 valence electrons. The molecule has 1 aromatic heterocycles. The number of anilines is 1. The maximum Gasteiger partial charge on any atom is 0.125 e. The molecule has 0 aliphatic heterocycles. The number of aromatic nitrogens is 1. The molecule has 0 aliphatic carbocycles. The third-order valence-corrected chi connectivity index (χ3v) is 1.93. The van der Waals surface area contributed by atoms with Crippen LogP contribution in [0.1, 0.15) is 5.69 Å².